The fraction of sp³-hybridized carbons (Fsp3) is 0.350. The standard InChI is InChI=1S/C20H20F3N5O2/c1-11-9-28-17(14(8-24-28)18(29)25-12(2)20(21,22)23)10-27(11)19(30)16-7-13-5-3-4-6-15(13)26-16/h3-8,11-12,26H,9-10H2,1-2H3,(H,25,29)/t11?,12-/m1/s1. The van der Waals surface area contributed by atoms with E-state index >= 15 is 0 Å². The van der Waals surface area contributed by atoms with Crippen LogP contribution >= 0.6 is 0 Å². The highest BCUT2D eigenvalue weighted by molar-refractivity contribution is 5.99. The molecule has 0 saturated carbocycles. The van der Waals surface area contributed by atoms with Crippen molar-refractivity contribution in [1.82, 2.24) is 25.0 Å². The molecule has 0 radical (unpaired) electrons. The number of nitrogens with zero attached hydrogens (tertiary/aromatic N) is 3. The van der Waals surface area contributed by atoms with Crippen molar-refractivity contribution in [2.45, 2.75) is 45.2 Å². The molecule has 2 aromatic heterocycles. The number of aromatic amines is 1. The minimum Gasteiger partial charge on any atom is -0.351 e. The number of benzene rings is 1. The molecule has 1 aliphatic rings. The number of alkyl halides is 3. The van der Waals surface area contributed by atoms with Gasteiger partial charge in [-0.1, -0.05) is 18.2 Å². The van der Waals surface area contributed by atoms with Crippen LogP contribution in [0.3, 0.4) is 0 Å². The van der Waals surface area contributed by atoms with Gasteiger partial charge in [-0.05, 0) is 26.0 Å². The summed E-state index contributed by atoms with van der Waals surface area (Å²) in [6.45, 7) is 3.14. The van der Waals surface area contributed by atoms with Gasteiger partial charge in [0.15, 0.2) is 0 Å². The maximum Gasteiger partial charge on any atom is 0.408 e. The minimum atomic E-state index is -4.55. The van der Waals surface area contributed by atoms with Crippen LogP contribution in [0.4, 0.5) is 13.2 Å². The first-order valence-electron chi connectivity index (χ1n) is 9.46. The van der Waals surface area contributed by atoms with Crippen LogP contribution in [0.25, 0.3) is 10.9 Å². The molecule has 2 atom stereocenters. The first-order valence-corrected chi connectivity index (χ1v) is 9.46. The van der Waals surface area contributed by atoms with Crippen molar-refractivity contribution in [2.24, 2.45) is 0 Å². The maximum atomic E-state index is 13.1. The molecule has 2 N–H and O–H groups in total. The number of nitrogens with one attached hydrogen (secondary N) is 2. The predicted octanol–water partition coefficient (Wildman–Crippen LogP) is 3.09. The first-order chi connectivity index (χ1) is 14.1. The van der Waals surface area contributed by atoms with E-state index in [0.29, 0.717) is 17.9 Å². The molecule has 4 rings (SSSR count). The quantitative estimate of drug-likeness (QED) is 0.685. The third kappa shape index (κ3) is 3.53. The van der Waals surface area contributed by atoms with Gasteiger partial charge in [0.2, 0.25) is 0 Å². The summed E-state index contributed by atoms with van der Waals surface area (Å²) in [6.07, 6.45) is -3.30. The number of aromatic nitrogens is 3. The number of carbonyl (C=O) groups excluding carboxylic acids is 2. The van der Waals surface area contributed by atoms with Gasteiger partial charge in [-0.2, -0.15) is 18.3 Å². The van der Waals surface area contributed by atoms with E-state index < -0.39 is 18.1 Å². The van der Waals surface area contributed by atoms with Crippen LogP contribution in [-0.4, -0.2) is 49.7 Å². The number of hydrogen-bond donors (Lipinski definition) is 2. The lowest BCUT2D eigenvalue weighted by atomic mass is 10.1. The molecule has 2 amide bonds. The Morgan fingerprint density at radius 1 is 1.30 bits per heavy atom. The number of H-pyrrole nitrogens is 1. The molecule has 30 heavy (non-hydrogen) atoms. The summed E-state index contributed by atoms with van der Waals surface area (Å²) < 4.78 is 39.9. The van der Waals surface area contributed by atoms with E-state index in [1.165, 1.54) is 6.20 Å². The summed E-state index contributed by atoms with van der Waals surface area (Å²) in [7, 11) is 0. The van der Waals surface area contributed by atoms with Crippen LogP contribution in [0.5, 0.6) is 0 Å². The molecule has 1 aromatic carbocycles. The Morgan fingerprint density at radius 3 is 2.73 bits per heavy atom. The van der Waals surface area contributed by atoms with Gasteiger partial charge >= 0.3 is 6.18 Å². The third-order valence-corrected chi connectivity index (χ3v) is 5.34. The average molecular weight is 419 g/mol. The van der Waals surface area contributed by atoms with Crippen LogP contribution in [0.1, 0.15) is 40.4 Å². The average Bonchev–Trinajstić information content (AvgIpc) is 3.29. The topological polar surface area (TPSA) is 83.0 Å². The van der Waals surface area contributed by atoms with Crippen molar-refractivity contribution in [3.63, 3.8) is 0 Å². The number of para-hydroxylation sites is 1. The van der Waals surface area contributed by atoms with Crippen LogP contribution in [0.2, 0.25) is 0 Å². The molecule has 0 saturated heterocycles. The van der Waals surface area contributed by atoms with E-state index in [9.17, 15) is 22.8 Å². The van der Waals surface area contributed by atoms with Gasteiger partial charge in [0, 0.05) is 16.9 Å². The molecular formula is C20H20F3N5O2. The predicted molar refractivity (Wildman–Crippen MR) is 103 cm³/mol. The molecule has 0 bridgehead atoms. The normalized spacial score (nSPS) is 17.6. The SMILES string of the molecule is CC1Cn2ncc(C(=O)N[C@H](C)C(F)(F)F)c2CN1C(=O)c1cc2ccccc2[nH]1. The fourth-order valence-electron chi connectivity index (χ4n) is 3.56. The lowest BCUT2D eigenvalue weighted by Crippen LogP contribution is -2.46. The molecular weight excluding hydrogens is 399 g/mol. The highest BCUT2D eigenvalue weighted by atomic mass is 19.4. The summed E-state index contributed by atoms with van der Waals surface area (Å²) in [5.41, 5.74) is 1.68. The van der Waals surface area contributed by atoms with E-state index in [1.807, 2.05) is 36.5 Å². The van der Waals surface area contributed by atoms with E-state index in [1.54, 1.807) is 15.6 Å². The smallest absolute Gasteiger partial charge is 0.351 e. The highest BCUT2D eigenvalue weighted by Gasteiger charge is 2.38. The Labute approximate surface area is 169 Å². The van der Waals surface area contributed by atoms with Crippen LogP contribution < -0.4 is 5.32 Å². The van der Waals surface area contributed by atoms with Crippen LogP contribution in [0.15, 0.2) is 36.5 Å². The molecule has 0 fully saturated rings. The number of amides is 2. The fourth-order valence-corrected chi connectivity index (χ4v) is 3.56. The van der Waals surface area contributed by atoms with Crippen molar-refractivity contribution < 1.29 is 22.8 Å². The second-order valence-corrected chi connectivity index (χ2v) is 7.48. The summed E-state index contributed by atoms with van der Waals surface area (Å²) in [4.78, 5) is 30.2. The molecule has 7 nitrogen and oxygen atoms in total. The van der Waals surface area contributed by atoms with Gasteiger partial charge in [0.1, 0.15) is 11.7 Å². The summed E-state index contributed by atoms with van der Waals surface area (Å²) >= 11 is 0. The van der Waals surface area contributed by atoms with Crippen molar-refractivity contribution in [3.8, 4) is 0 Å². The second kappa shape index (κ2) is 7.19. The Balaban J connectivity index is 1.58. The van der Waals surface area contributed by atoms with Gasteiger partial charge in [-0.25, -0.2) is 0 Å². The molecule has 10 heteroatoms. The Kier molecular flexibility index (Phi) is 4.79. The lowest BCUT2D eigenvalue weighted by Gasteiger charge is -2.34. The monoisotopic (exact) mass is 419 g/mol. The Morgan fingerprint density at radius 2 is 2.03 bits per heavy atom. The number of rotatable bonds is 3. The zero-order chi connectivity index (χ0) is 21.6. The number of halogens is 3. The number of fused-ring (bicyclic) bond motifs is 2. The van der Waals surface area contributed by atoms with Gasteiger partial charge in [0.05, 0.1) is 30.5 Å². The van der Waals surface area contributed by atoms with Crippen LogP contribution in [-0.2, 0) is 13.1 Å². The van der Waals surface area contributed by atoms with E-state index in [-0.39, 0.29) is 24.1 Å². The van der Waals surface area contributed by atoms with Gasteiger partial charge in [-0.15, -0.1) is 0 Å². The van der Waals surface area contributed by atoms with E-state index in [4.69, 9.17) is 0 Å². The molecule has 0 aliphatic carbocycles. The van der Waals surface area contributed by atoms with E-state index in [2.05, 4.69) is 10.1 Å². The lowest BCUT2D eigenvalue weighted by molar-refractivity contribution is -0.149. The molecule has 1 aliphatic heterocycles. The van der Waals surface area contributed by atoms with Gasteiger partial charge < -0.3 is 15.2 Å². The van der Waals surface area contributed by atoms with Crippen molar-refractivity contribution in [3.05, 3.63) is 53.5 Å². The van der Waals surface area contributed by atoms with E-state index in [0.717, 1.165) is 17.8 Å². The molecule has 1 unspecified atom stereocenters. The van der Waals surface area contributed by atoms with Crippen LogP contribution in [0, 0.1) is 0 Å². The number of carbonyl (C=O) groups is 2. The molecule has 3 aromatic rings. The third-order valence-electron chi connectivity index (χ3n) is 5.34. The molecule has 0 spiro atoms. The minimum absolute atomic E-state index is 0.0347. The van der Waals surface area contributed by atoms with Crippen molar-refractivity contribution >= 4 is 22.7 Å². The maximum absolute atomic E-state index is 13.1. The molecule has 158 valence electrons. The zero-order valence-electron chi connectivity index (χ0n) is 16.3. The van der Waals surface area contributed by atoms with Crippen molar-refractivity contribution in [1.29, 1.82) is 0 Å². The van der Waals surface area contributed by atoms with Crippen molar-refractivity contribution in [2.75, 3.05) is 0 Å². The van der Waals surface area contributed by atoms with Gasteiger partial charge in [0.25, 0.3) is 11.8 Å². The largest absolute Gasteiger partial charge is 0.408 e. The Hall–Kier alpha value is -3.30. The summed E-state index contributed by atoms with van der Waals surface area (Å²) in [5.74, 6) is -1.12. The second-order valence-electron chi connectivity index (χ2n) is 7.48. The first kappa shape index (κ1) is 20.0. The van der Waals surface area contributed by atoms with Gasteiger partial charge in [-0.3, -0.25) is 14.3 Å². The Bertz CT molecular complexity index is 1080. The summed E-state index contributed by atoms with van der Waals surface area (Å²) in [5, 5.41) is 6.98. The highest BCUT2D eigenvalue weighted by Crippen LogP contribution is 2.25. The number of hydrogen-bond acceptors (Lipinski definition) is 3. The molecule has 3 heterocycles. The summed E-state index contributed by atoms with van der Waals surface area (Å²) in [6, 6.07) is 7.05. The zero-order valence-corrected chi connectivity index (χ0v) is 16.3.